The van der Waals surface area contributed by atoms with Crippen LogP contribution in [0.4, 0.5) is 0 Å². The van der Waals surface area contributed by atoms with Gasteiger partial charge in [0.2, 0.25) is 0 Å². The molecule has 1 N–H and O–H groups in total. The minimum absolute atomic E-state index is 0.161. The van der Waals surface area contributed by atoms with Crippen LogP contribution in [0.2, 0.25) is 0 Å². The Balaban J connectivity index is 2.45. The molecule has 0 aromatic rings. The molecule has 0 bridgehead atoms. The molecule has 0 aromatic carbocycles. The van der Waals surface area contributed by atoms with Crippen LogP contribution in [0.25, 0.3) is 0 Å². The van der Waals surface area contributed by atoms with Crippen LogP contribution in [0.5, 0.6) is 0 Å². The molecule has 0 radical (unpaired) electrons. The summed E-state index contributed by atoms with van der Waals surface area (Å²) in [5.74, 6) is 0.161. The van der Waals surface area contributed by atoms with Crippen molar-refractivity contribution in [1.29, 1.82) is 0 Å². The van der Waals surface area contributed by atoms with Crippen molar-refractivity contribution in [2.45, 2.75) is 38.1 Å². The van der Waals surface area contributed by atoms with Crippen molar-refractivity contribution in [1.82, 2.24) is 0 Å². The number of rotatable bonds is 3. The predicted molar refractivity (Wildman–Crippen MR) is 45.8 cm³/mol. The van der Waals surface area contributed by atoms with E-state index in [9.17, 15) is 5.11 Å². The molecular formula is C9H18O3. The van der Waals surface area contributed by atoms with Crippen molar-refractivity contribution >= 4 is 0 Å². The van der Waals surface area contributed by atoms with Crippen LogP contribution < -0.4 is 0 Å². The maximum absolute atomic E-state index is 9.64. The first kappa shape index (κ1) is 9.96. The third kappa shape index (κ3) is 2.19. The summed E-state index contributed by atoms with van der Waals surface area (Å²) in [6.45, 7) is 0. The number of hydrogen-bond donors (Lipinski definition) is 1. The maximum Gasteiger partial charge on any atom is 0.162 e. The Morgan fingerprint density at radius 3 is 2.25 bits per heavy atom. The summed E-state index contributed by atoms with van der Waals surface area (Å²) in [6.07, 6.45) is 3.70. The molecule has 1 fully saturated rings. The van der Waals surface area contributed by atoms with E-state index in [4.69, 9.17) is 9.47 Å². The molecule has 3 heteroatoms. The first-order valence-electron chi connectivity index (χ1n) is 4.53. The SMILES string of the molecule is COC(OC)C1CCCCC1O. The highest BCUT2D eigenvalue weighted by Crippen LogP contribution is 2.28. The average molecular weight is 174 g/mol. The molecule has 0 spiro atoms. The van der Waals surface area contributed by atoms with E-state index in [0.717, 1.165) is 19.3 Å². The van der Waals surface area contributed by atoms with E-state index in [1.807, 2.05) is 0 Å². The summed E-state index contributed by atoms with van der Waals surface area (Å²) >= 11 is 0. The molecule has 1 aliphatic carbocycles. The van der Waals surface area contributed by atoms with Crippen LogP contribution in [0, 0.1) is 5.92 Å². The van der Waals surface area contributed by atoms with Gasteiger partial charge in [0.1, 0.15) is 0 Å². The Hall–Kier alpha value is -0.120. The molecule has 0 aromatic heterocycles. The standard InChI is InChI=1S/C9H18O3/c1-11-9(12-2)7-5-3-4-6-8(7)10/h7-10H,3-6H2,1-2H3. The van der Waals surface area contributed by atoms with E-state index >= 15 is 0 Å². The predicted octanol–water partition coefficient (Wildman–Crippen LogP) is 1.16. The topological polar surface area (TPSA) is 38.7 Å². The van der Waals surface area contributed by atoms with E-state index in [0.29, 0.717) is 0 Å². The van der Waals surface area contributed by atoms with E-state index in [1.165, 1.54) is 6.42 Å². The van der Waals surface area contributed by atoms with Crippen molar-refractivity contribution in [2.75, 3.05) is 14.2 Å². The second kappa shape index (κ2) is 4.80. The van der Waals surface area contributed by atoms with Gasteiger partial charge < -0.3 is 14.6 Å². The van der Waals surface area contributed by atoms with Gasteiger partial charge in [0.25, 0.3) is 0 Å². The summed E-state index contributed by atoms with van der Waals surface area (Å²) in [6, 6.07) is 0. The fourth-order valence-electron chi connectivity index (χ4n) is 1.90. The first-order chi connectivity index (χ1) is 5.79. The van der Waals surface area contributed by atoms with Crippen LogP contribution in [0.15, 0.2) is 0 Å². The van der Waals surface area contributed by atoms with Gasteiger partial charge in [-0.3, -0.25) is 0 Å². The monoisotopic (exact) mass is 174 g/mol. The molecular weight excluding hydrogens is 156 g/mol. The fraction of sp³-hybridized carbons (Fsp3) is 1.00. The van der Waals surface area contributed by atoms with E-state index in [-0.39, 0.29) is 18.3 Å². The minimum atomic E-state index is -0.247. The first-order valence-corrected chi connectivity index (χ1v) is 4.53. The third-order valence-electron chi connectivity index (χ3n) is 2.60. The van der Waals surface area contributed by atoms with Crippen molar-refractivity contribution in [3.05, 3.63) is 0 Å². The van der Waals surface area contributed by atoms with E-state index < -0.39 is 0 Å². The zero-order valence-corrected chi connectivity index (χ0v) is 7.82. The second-order valence-electron chi connectivity index (χ2n) is 3.36. The van der Waals surface area contributed by atoms with Gasteiger partial charge in [0.05, 0.1) is 6.10 Å². The summed E-state index contributed by atoms with van der Waals surface area (Å²) in [4.78, 5) is 0. The number of aliphatic hydroxyl groups is 1. The quantitative estimate of drug-likeness (QED) is 0.652. The molecule has 0 saturated heterocycles. The summed E-state index contributed by atoms with van der Waals surface area (Å²) in [5, 5.41) is 9.64. The zero-order valence-electron chi connectivity index (χ0n) is 7.82. The number of hydrogen-bond acceptors (Lipinski definition) is 3. The minimum Gasteiger partial charge on any atom is -0.393 e. The van der Waals surface area contributed by atoms with Gasteiger partial charge in [-0.15, -0.1) is 0 Å². The molecule has 12 heavy (non-hydrogen) atoms. The van der Waals surface area contributed by atoms with Crippen LogP contribution in [0.3, 0.4) is 0 Å². The van der Waals surface area contributed by atoms with Gasteiger partial charge in [-0.2, -0.15) is 0 Å². The normalized spacial score (nSPS) is 31.0. The lowest BCUT2D eigenvalue weighted by Gasteiger charge is -2.32. The van der Waals surface area contributed by atoms with Crippen LogP contribution in [-0.4, -0.2) is 31.7 Å². The van der Waals surface area contributed by atoms with Crippen LogP contribution >= 0.6 is 0 Å². The van der Waals surface area contributed by atoms with Crippen LogP contribution in [-0.2, 0) is 9.47 Å². The highest BCUT2D eigenvalue weighted by Gasteiger charge is 2.30. The Labute approximate surface area is 73.7 Å². The van der Waals surface area contributed by atoms with Gasteiger partial charge >= 0.3 is 0 Å². The number of methoxy groups -OCH3 is 2. The molecule has 2 atom stereocenters. The van der Waals surface area contributed by atoms with Gasteiger partial charge in [-0.05, 0) is 12.8 Å². The molecule has 0 heterocycles. The summed E-state index contributed by atoms with van der Waals surface area (Å²) < 4.78 is 10.3. The molecule has 1 aliphatic rings. The molecule has 1 rings (SSSR count). The number of ether oxygens (including phenoxy) is 2. The third-order valence-corrected chi connectivity index (χ3v) is 2.60. The lowest BCUT2D eigenvalue weighted by Crippen LogP contribution is -2.36. The summed E-state index contributed by atoms with van der Waals surface area (Å²) in [7, 11) is 3.24. The van der Waals surface area contributed by atoms with Gasteiger partial charge in [-0.25, -0.2) is 0 Å². The summed E-state index contributed by atoms with van der Waals surface area (Å²) in [5.41, 5.74) is 0. The Morgan fingerprint density at radius 2 is 1.75 bits per heavy atom. The smallest absolute Gasteiger partial charge is 0.162 e. The lowest BCUT2D eigenvalue weighted by atomic mass is 9.86. The molecule has 1 saturated carbocycles. The Morgan fingerprint density at radius 1 is 1.17 bits per heavy atom. The molecule has 2 unspecified atom stereocenters. The van der Waals surface area contributed by atoms with E-state index in [2.05, 4.69) is 0 Å². The maximum atomic E-state index is 9.64. The van der Waals surface area contributed by atoms with Gasteiger partial charge in [0, 0.05) is 20.1 Å². The molecule has 72 valence electrons. The van der Waals surface area contributed by atoms with Gasteiger partial charge in [-0.1, -0.05) is 12.8 Å². The molecule has 0 aliphatic heterocycles. The fourth-order valence-corrected chi connectivity index (χ4v) is 1.90. The van der Waals surface area contributed by atoms with Crippen molar-refractivity contribution in [2.24, 2.45) is 5.92 Å². The van der Waals surface area contributed by atoms with E-state index in [1.54, 1.807) is 14.2 Å². The largest absolute Gasteiger partial charge is 0.393 e. The highest BCUT2D eigenvalue weighted by atomic mass is 16.7. The molecule has 0 amide bonds. The van der Waals surface area contributed by atoms with Gasteiger partial charge in [0.15, 0.2) is 6.29 Å². The Kier molecular flexibility index (Phi) is 3.98. The average Bonchev–Trinajstić information content (AvgIpc) is 2.10. The Bertz CT molecular complexity index is 123. The zero-order chi connectivity index (χ0) is 8.97. The highest BCUT2D eigenvalue weighted by molar-refractivity contribution is 4.76. The molecule has 3 nitrogen and oxygen atoms in total. The van der Waals surface area contributed by atoms with Crippen molar-refractivity contribution < 1.29 is 14.6 Å². The second-order valence-corrected chi connectivity index (χ2v) is 3.36. The lowest BCUT2D eigenvalue weighted by molar-refractivity contribution is -0.168. The number of aliphatic hydroxyl groups excluding tert-OH is 1. The van der Waals surface area contributed by atoms with Crippen LogP contribution in [0.1, 0.15) is 25.7 Å². The van der Waals surface area contributed by atoms with Crippen molar-refractivity contribution in [3.63, 3.8) is 0 Å². The van der Waals surface area contributed by atoms with Crippen molar-refractivity contribution in [3.8, 4) is 0 Å².